The summed E-state index contributed by atoms with van der Waals surface area (Å²) in [7, 11) is 1.44. The number of carbonyl (C=O) groups excluding carboxylic acids is 1. The van der Waals surface area contributed by atoms with E-state index in [1.165, 1.54) is 39.2 Å². The summed E-state index contributed by atoms with van der Waals surface area (Å²) in [6.07, 6.45) is 6.65. The van der Waals surface area contributed by atoms with E-state index in [0.717, 1.165) is 29.3 Å². The first-order chi connectivity index (χ1) is 11.9. The molecule has 1 aromatic carbocycles. The van der Waals surface area contributed by atoms with Crippen LogP contribution in [0.1, 0.15) is 69.1 Å². The van der Waals surface area contributed by atoms with E-state index in [-0.39, 0.29) is 11.3 Å². The Morgan fingerprint density at radius 3 is 2.64 bits per heavy atom. The molecule has 2 aromatic rings. The maximum Gasteiger partial charge on any atom is 0.274 e. The third kappa shape index (κ3) is 3.87. The van der Waals surface area contributed by atoms with Gasteiger partial charge in [0.1, 0.15) is 5.82 Å². The van der Waals surface area contributed by atoms with Crippen LogP contribution in [-0.2, 0) is 16.8 Å². The molecule has 1 amide bonds. The Morgan fingerprint density at radius 2 is 2.00 bits per heavy atom. The molecule has 0 aliphatic heterocycles. The lowest BCUT2D eigenvalue weighted by Gasteiger charge is -2.26. The monoisotopic (exact) mass is 343 g/mol. The summed E-state index contributed by atoms with van der Waals surface area (Å²) in [6.45, 7) is 7.62. The Hall–Kier alpha value is -1.88. The fourth-order valence-electron chi connectivity index (χ4n) is 3.81. The van der Waals surface area contributed by atoms with Crippen molar-refractivity contribution >= 4 is 16.9 Å². The highest BCUT2D eigenvalue weighted by molar-refractivity contribution is 5.96. The molecule has 1 fully saturated rings. The number of nitrogens with one attached hydrogen (secondary N) is 1. The van der Waals surface area contributed by atoms with Crippen molar-refractivity contribution in [2.75, 3.05) is 7.11 Å². The molecule has 1 heterocycles. The van der Waals surface area contributed by atoms with E-state index in [4.69, 9.17) is 9.82 Å². The van der Waals surface area contributed by atoms with Gasteiger partial charge in [-0.05, 0) is 37.0 Å². The number of imidazole rings is 1. The lowest BCUT2D eigenvalue weighted by atomic mass is 9.88. The number of amides is 1. The van der Waals surface area contributed by atoms with Crippen LogP contribution in [0.15, 0.2) is 18.2 Å². The van der Waals surface area contributed by atoms with Crippen LogP contribution in [-0.4, -0.2) is 22.6 Å². The van der Waals surface area contributed by atoms with Crippen LogP contribution in [0.2, 0.25) is 0 Å². The van der Waals surface area contributed by atoms with Crippen molar-refractivity contribution in [2.24, 2.45) is 5.92 Å². The van der Waals surface area contributed by atoms with Gasteiger partial charge in [0.15, 0.2) is 0 Å². The van der Waals surface area contributed by atoms with Gasteiger partial charge in [-0.3, -0.25) is 9.63 Å². The van der Waals surface area contributed by atoms with Crippen LogP contribution in [0.4, 0.5) is 0 Å². The van der Waals surface area contributed by atoms with Crippen LogP contribution >= 0.6 is 0 Å². The molecule has 0 atom stereocenters. The van der Waals surface area contributed by atoms with E-state index in [1.807, 2.05) is 18.2 Å². The number of carbonyl (C=O) groups is 1. The second-order valence-corrected chi connectivity index (χ2v) is 8.14. The average molecular weight is 343 g/mol. The highest BCUT2D eigenvalue weighted by atomic mass is 16.6. The summed E-state index contributed by atoms with van der Waals surface area (Å²) >= 11 is 0. The smallest absolute Gasteiger partial charge is 0.274 e. The number of fused-ring (bicyclic) bond motifs is 1. The summed E-state index contributed by atoms with van der Waals surface area (Å²) in [5.74, 6) is 1.57. The fourth-order valence-corrected chi connectivity index (χ4v) is 3.81. The summed E-state index contributed by atoms with van der Waals surface area (Å²) in [5.41, 5.74) is 4.89. The highest BCUT2D eigenvalue weighted by Crippen LogP contribution is 2.31. The van der Waals surface area contributed by atoms with E-state index in [1.54, 1.807) is 0 Å². The number of benzene rings is 1. The molecule has 136 valence electrons. The Balaban J connectivity index is 2.01. The van der Waals surface area contributed by atoms with E-state index in [2.05, 4.69) is 30.8 Å². The fraction of sp³-hybridized carbons (Fsp3) is 0.600. The Kier molecular flexibility index (Phi) is 5.13. The van der Waals surface area contributed by atoms with E-state index >= 15 is 0 Å². The van der Waals surface area contributed by atoms with Crippen molar-refractivity contribution in [1.82, 2.24) is 15.0 Å². The van der Waals surface area contributed by atoms with Gasteiger partial charge in [0.2, 0.25) is 0 Å². The number of nitrogens with zero attached hydrogens (tertiary/aromatic N) is 2. The van der Waals surface area contributed by atoms with Crippen LogP contribution in [0.5, 0.6) is 0 Å². The van der Waals surface area contributed by atoms with Gasteiger partial charge in [-0.1, -0.05) is 40.0 Å². The van der Waals surface area contributed by atoms with Crippen LogP contribution in [0.25, 0.3) is 11.0 Å². The molecule has 0 saturated heterocycles. The van der Waals surface area contributed by atoms with Crippen molar-refractivity contribution in [3.63, 3.8) is 0 Å². The van der Waals surface area contributed by atoms with Crippen molar-refractivity contribution in [2.45, 2.75) is 64.8 Å². The number of hydrogen-bond donors (Lipinski definition) is 1. The Labute approximate surface area is 149 Å². The molecule has 1 aromatic heterocycles. The van der Waals surface area contributed by atoms with Gasteiger partial charge < -0.3 is 4.57 Å². The van der Waals surface area contributed by atoms with Crippen molar-refractivity contribution in [3.8, 4) is 0 Å². The third-order valence-electron chi connectivity index (χ3n) is 5.04. The van der Waals surface area contributed by atoms with Gasteiger partial charge in [0.05, 0.1) is 18.1 Å². The van der Waals surface area contributed by atoms with Gasteiger partial charge in [-0.25, -0.2) is 10.5 Å². The van der Waals surface area contributed by atoms with Crippen molar-refractivity contribution in [3.05, 3.63) is 29.6 Å². The minimum absolute atomic E-state index is 0.0390. The standard InChI is InChI=1S/C20H29N3O2/c1-20(2,3)19-21-16-12-15(18(24)22-25-4)10-11-17(16)23(19)13-14-8-6-5-7-9-14/h10-12,14H,5-9,13H2,1-4H3,(H,22,24). The minimum atomic E-state index is -0.247. The second-order valence-electron chi connectivity index (χ2n) is 8.14. The number of rotatable bonds is 4. The molecule has 0 unspecified atom stereocenters. The molecule has 5 heteroatoms. The molecule has 5 nitrogen and oxygen atoms in total. The predicted octanol–water partition coefficient (Wildman–Crippen LogP) is 4.21. The van der Waals surface area contributed by atoms with Gasteiger partial charge in [0, 0.05) is 17.5 Å². The largest absolute Gasteiger partial charge is 0.327 e. The van der Waals surface area contributed by atoms with Crippen molar-refractivity contribution in [1.29, 1.82) is 0 Å². The summed E-state index contributed by atoms with van der Waals surface area (Å²) in [4.78, 5) is 21.6. The third-order valence-corrected chi connectivity index (χ3v) is 5.04. The molecule has 0 bridgehead atoms. The Bertz CT molecular complexity index is 752. The second kappa shape index (κ2) is 7.16. The average Bonchev–Trinajstić information content (AvgIpc) is 2.94. The minimum Gasteiger partial charge on any atom is -0.327 e. The van der Waals surface area contributed by atoms with Crippen molar-refractivity contribution < 1.29 is 9.63 Å². The lowest BCUT2D eigenvalue weighted by molar-refractivity contribution is 0.0538. The van der Waals surface area contributed by atoms with E-state index in [9.17, 15) is 4.79 Å². The number of hydroxylamine groups is 1. The zero-order valence-electron chi connectivity index (χ0n) is 15.8. The molecule has 1 aliphatic rings. The topological polar surface area (TPSA) is 56.1 Å². The molecule has 1 aliphatic carbocycles. The van der Waals surface area contributed by atoms with Crippen LogP contribution in [0, 0.1) is 5.92 Å². The predicted molar refractivity (Wildman–Crippen MR) is 99.5 cm³/mol. The first-order valence-electron chi connectivity index (χ1n) is 9.24. The number of hydrogen-bond acceptors (Lipinski definition) is 3. The van der Waals surface area contributed by atoms with Gasteiger partial charge in [-0.2, -0.15) is 0 Å². The van der Waals surface area contributed by atoms with Gasteiger partial charge in [0.25, 0.3) is 5.91 Å². The van der Waals surface area contributed by atoms with Gasteiger partial charge >= 0.3 is 0 Å². The molecular formula is C20H29N3O2. The summed E-state index contributed by atoms with van der Waals surface area (Å²) < 4.78 is 2.38. The van der Waals surface area contributed by atoms with Crippen LogP contribution in [0.3, 0.4) is 0 Å². The zero-order chi connectivity index (χ0) is 18.0. The first kappa shape index (κ1) is 17.9. The maximum absolute atomic E-state index is 12.0. The molecule has 1 N–H and O–H groups in total. The highest BCUT2D eigenvalue weighted by Gasteiger charge is 2.25. The van der Waals surface area contributed by atoms with E-state index in [0.29, 0.717) is 5.56 Å². The maximum atomic E-state index is 12.0. The lowest BCUT2D eigenvalue weighted by Crippen LogP contribution is -2.23. The van der Waals surface area contributed by atoms with E-state index < -0.39 is 0 Å². The zero-order valence-corrected chi connectivity index (χ0v) is 15.8. The molecular weight excluding hydrogens is 314 g/mol. The summed E-state index contributed by atoms with van der Waals surface area (Å²) in [6, 6.07) is 5.73. The summed E-state index contributed by atoms with van der Waals surface area (Å²) in [5, 5.41) is 0. The molecule has 3 rings (SSSR count). The molecule has 1 saturated carbocycles. The quantitative estimate of drug-likeness (QED) is 0.846. The normalized spacial score (nSPS) is 16.3. The molecule has 0 spiro atoms. The first-order valence-corrected chi connectivity index (χ1v) is 9.24. The molecule has 0 radical (unpaired) electrons. The Morgan fingerprint density at radius 1 is 1.28 bits per heavy atom. The molecule has 25 heavy (non-hydrogen) atoms. The van der Waals surface area contributed by atoms with Crippen LogP contribution < -0.4 is 5.48 Å². The number of aromatic nitrogens is 2. The SMILES string of the molecule is CONC(=O)c1ccc2c(c1)nc(C(C)(C)C)n2CC1CCCCC1. The van der Waals surface area contributed by atoms with Gasteiger partial charge in [-0.15, -0.1) is 0 Å².